The summed E-state index contributed by atoms with van der Waals surface area (Å²) in [5.41, 5.74) is 5.17. The highest BCUT2D eigenvalue weighted by molar-refractivity contribution is 7.99. The van der Waals surface area contributed by atoms with Gasteiger partial charge in [0.25, 0.3) is 0 Å². The van der Waals surface area contributed by atoms with Crippen molar-refractivity contribution in [3.05, 3.63) is 65.5 Å². The Bertz CT molecular complexity index is 542. The molecule has 0 aliphatic heterocycles. The van der Waals surface area contributed by atoms with E-state index in [-0.39, 0.29) is 11.9 Å². The number of aryl methyl sites for hydroxylation is 1. The van der Waals surface area contributed by atoms with Gasteiger partial charge in [0.05, 0.1) is 0 Å². The third-order valence-electron chi connectivity index (χ3n) is 3.07. The van der Waals surface area contributed by atoms with Gasteiger partial charge in [0.1, 0.15) is 5.82 Å². The SMILES string of the molecule is Cc1cccc(SCC(Cc2ccc(F)cc2)NN)c1. The van der Waals surface area contributed by atoms with Gasteiger partial charge in [-0.2, -0.15) is 0 Å². The molecule has 2 rings (SSSR count). The number of nitrogens with two attached hydrogens (primary N) is 1. The molecule has 0 saturated carbocycles. The van der Waals surface area contributed by atoms with Crippen molar-refractivity contribution in [2.45, 2.75) is 24.3 Å². The Labute approximate surface area is 123 Å². The van der Waals surface area contributed by atoms with Gasteiger partial charge in [-0.15, -0.1) is 11.8 Å². The number of halogens is 1. The molecule has 2 aromatic carbocycles. The first-order chi connectivity index (χ1) is 9.67. The van der Waals surface area contributed by atoms with Crippen LogP contribution in [0.5, 0.6) is 0 Å². The van der Waals surface area contributed by atoms with E-state index >= 15 is 0 Å². The molecule has 0 aliphatic rings. The summed E-state index contributed by atoms with van der Waals surface area (Å²) in [5.74, 6) is 6.27. The third-order valence-corrected chi connectivity index (χ3v) is 4.23. The number of thioether (sulfide) groups is 1. The van der Waals surface area contributed by atoms with Crippen LogP contribution in [0.4, 0.5) is 4.39 Å². The fourth-order valence-electron chi connectivity index (χ4n) is 1.97. The summed E-state index contributed by atoms with van der Waals surface area (Å²) in [6.07, 6.45) is 0.787. The third kappa shape index (κ3) is 4.63. The molecule has 106 valence electrons. The Hall–Kier alpha value is -1.36. The number of benzene rings is 2. The second-order valence-electron chi connectivity index (χ2n) is 4.82. The molecule has 0 saturated heterocycles. The van der Waals surface area contributed by atoms with Crippen LogP contribution < -0.4 is 11.3 Å². The fraction of sp³-hybridized carbons (Fsp3) is 0.250. The Kier molecular flexibility index (Phi) is 5.59. The minimum absolute atomic E-state index is 0.158. The largest absolute Gasteiger partial charge is 0.271 e. The normalized spacial score (nSPS) is 12.3. The van der Waals surface area contributed by atoms with Crippen molar-refractivity contribution >= 4 is 11.8 Å². The van der Waals surface area contributed by atoms with E-state index in [1.165, 1.54) is 22.6 Å². The first-order valence-corrected chi connectivity index (χ1v) is 7.56. The van der Waals surface area contributed by atoms with Gasteiger partial charge < -0.3 is 0 Å². The minimum atomic E-state index is -0.208. The molecule has 20 heavy (non-hydrogen) atoms. The molecule has 1 atom stereocenters. The highest BCUT2D eigenvalue weighted by Crippen LogP contribution is 2.20. The maximum absolute atomic E-state index is 12.9. The predicted molar refractivity (Wildman–Crippen MR) is 83.1 cm³/mol. The topological polar surface area (TPSA) is 38.0 Å². The number of hydrogen-bond acceptors (Lipinski definition) is 3. The lowest BCUT2D eigenvalue weighted by molar-refractivity contribution is 0.573. The molecule has 0 radical (unpaired) electrons. The summed E-state index contributed by atoms with van der Waals surface area (Å²) in [4.78, 5) is 1.24. The van der Waals surface area contributed by atoms with E-state index < -0.39 is 0 Å². The Morgan fingerprint density at radius 3 is 2.60 bits per heavy atom. The maximum atomic E-state index is 12.9. The quantitative estimate of drug-likeness (QED) is 0.487. The monoisotopic (exact) mass is 290 g/mol. The predicted octanol–water partition coefficient (Wildman–Crippen LogP) is 3.30. The Morgan fingerprint density at radius 1 is 1.20 bits per heavy atom. The first-order valence-electron chi connectivity index (χ1n) is 6.57. The van der Waals surface area contributed by atoms with Gasteiger partial charge in [0, 0.05) is 16.7 Å². The van der Waals surface area contributed by atoms with Crippen LogP contribution in [-0.4, -0.2) is 11.8 Å². The molecule has 4 heteroatoms. The molecule has 2 nitrogen and oxygen atoms in total. The van der Waals surface area contributed by atoms with Crippen molar-refractivity contribution in [2.24, 2.45) is 5.84 Å². The van der Waals surface area contributed by atoms with Crippen molar-refractivity contribution < 1.29 is 4.39 Å². The molecular weight excluding hydrogens is 271 g/mol. The summed E-state index contributed by atoms with van der Waals surface area (Å²) >= 11 is 1.77. The zero-order chi connectivity index (χ0) is 14.4. The molecule has 0 aliphatic carbocycles. The number of nitrogens with one attached hydrogen (secondary N) is 1. The Balaban J connectivity index is 1.90. The van der Waals surface area contributed by atoms with Gasteiger partial charge >= 0.3 is 0 Å². The van der Waals surface area contributed by atoms with E-state index in [0.717, 1.165) is 17.7 Å². The van der Waals surface area contributed by atoms with Gasteiger partial charge in [-0.1, -0.05) is 29.8 Å². The minimum Gasteiger partial charge on any atom is -0.271 e. The van der Waals surface area contributed by atoms with Gasteiger partial charge in [-0.3, -0.25) is 11.3 Å². The smallest absolute Gasteiger partial charge is 0.123 e. The van der Waals surface area contributed by atoms with Crippen molar-refractivity contribution in [2.75, 3.05) is 5.75 Å². The summed E-state index contributed by atoms with van der Waals surface area (Å²) in [6.45, 7) is 2.08. The molecule has 3 N–H and O–H groups in total. The highest BCUT2D eigenvalue weighted by Gasteiger charge is 2.09. The van der Waals surface area contributed by atoms with Crippen LogP contribution in [0, 0.1) is 12.7 Å². The van der Waals surface area contributed by atoms with Gasteiger partial charge in [-0.05, 0) is 43.2 Å². The van der Waals surface area contributed by atoms with Gasteiger partial charge in [0.2, 0.25) is 0 Å². The first kappa shape index (κ1) is 15.0. The Morgan fingerprint density at radius 2 is 1.95 bits per heavy atom. The van der Waals surface area contributed by atoms with Crippen LogP contribution in [0.25, 0.3) is 0 Å². The number of hydrazine groups is 1. The second-order valence-corrected chi connectivity index (χ2v) is 5.92. The van der Waals surface area contributed by atoms with Gasteiger partial charge in [0.15, 0.2) is 0 Å². The van der Waals surface area contributed by atoms with Crippen molar-refractivity contribution in [3.63, 3.8) is 0 Å². The van der Waals surface area contributed by atoms with Crippen LogP contribution in [-0.2, 0) is 6.42 Å². The average molecular weight is 290 g/mol. The lowest BCUT2D eigenvalue weighted by atomic mass is 10.1. The molecule has 0 fully saturated rings. The molecule has 0 amide bonds. The molecule has 0 bridgehead atoms. The fourth-order valence-corrected chi connectivity index (χ4v) is 3.02. The van der Waals surface area contributed by atoms with E-state index in [0.29, 0.717) is 0 Å². The van der Waals surface area contributed by atoms with Crippen molar-refractivity contribution in [1.82, 2.24) is 5.43 Å². The van der Waals surface area contributed by atoms with E-state index in [2.05, 4.69) is 36.6 Å². The van der Waals surface area contributed by atoms with Crippen LogP contribution in [0.1, 0.15) is 11.1 Å². The lowest BCUT2D eigenvalue weighted by Crippen LogP contribution is -2.38. The molecule has 0 aromatic heterocycles. The molecular formula is C16H19FN2S. The molecule has 0 spiro atoms. The summed E-state index contributed by atoms with van der Waals surface area (Å²) < 4.78 is 12.9. The summed E-state index contributed by atoms with van der Waals surface area (Å²) in [7, 11) is 0. The van der Waals surface area contributed by atoms with Crippen LogP contribution in [0.15, 0.2) is 53.4 Å². The van der Waals surface area contributed by atoms with E-state index in [1.807, 2.05) is 0 Å². The molecule has 0 heterocycles. The van der Waals surface area contributed by atoms with Crippen molar-refractivity contribution in [1.29, 1.82) is 0 Å². The van der Waals surface area contributed by atoms with E-state index in [1.54, 1.807) is 23.9 Å². The average Bonchev–Trinajstić information content (AvgIpc) is 2.45. The maximum Gasteiger partial charge on any atom is 0.123 e. The van der Waals surface area contributed by atoms with E-state index in [4.69, 9.17) is 5.84 Å². The summed E-state index contributed by atoms with van der Waals surface area (Å²) in [5, 5.41) is 0. The second kappa shape index (κ2) is 7.43. The lowest BCUT2D eigenvalue weighted by Gasteiger charge is -2.15. The highest BCUT2D eigenvalue weighted by atomic mass is 32.2. The zero-order valence-electron chi connectivity index (χ0n) is 11.5. The van der Waals surface area contributed by atoms with Crippen LogP contribution in [0.2, 0.25) is 0 Å². The van der Waals surface area contributed by atoms with Crippen LogP contribution in [0.3, 0.4) is 0 Å². The van der Waals surface area contributed by atoms with Crippen LogP contribution >= 0.6 is 11.8 Å². The zero-order valence-corrected chi connectivity index (χ0v) is 12.3. The van der Waals surface area contributed by atoms with Crippen molar-refractivity contribution in [3.8, 4) is 0 Å². The number of rotatable bonds is 6. The molecule has 2 aromatic rings. The standard InChI is InChI=1S/C16H19FN2S/c1-12-3-2-4-16(9-12)20-11-15(19-18)10-13-5-7-14(17)8-6-13/h2-9,15,19H,10-11,18H2,1H3. The van der Waals surface area contributed by atoms with E-state index in [9.17, 15) is 4.39 Å². The van der Waals surface area contributed by atoms with Gasteiger partial charge in [-0.25, -0.2) is 4.39 Å². The number of hydrogen-bond donors (Lipinski definition) is 2. The molecule has 1 unspecified atom stereocenters. The summed E-state index contributed by atoms with van der Waals surface area (Å²) in [6, 6.07) is 15.1.